The third kappa shape index (κ3) is 4.72. The van der Waals surface area contributed by atoms with E-state index in [4.69, 9.17) is 4.98 Å². The maximum absolute atomic E-state index is 12.3. The highest BCUT2D eigenvalue weighted by Crippen LogP contribution is 2.21. The summed E-state index contributed by atoms with van der Waals surface area (Å²) in [5.74, 6) is 1.38. The number of benzene rings is 1. The predicted octanol–water partition coefficient (Wildman–Crippen LogP) is 1.97. The van der Waals surface area contributed by atoms with Gasteiger partial charge in [0.1, 0.15) is 17.3 Å². The normalized spacial score (nSPS) is 15.7. The molecule has 1 aromatic heterocycles. The molecule has 0 spiro atoms. The van der Waals surface area contributed by atoms with Crippen LogP contribution in [0.15, 0.2) is 30.3 Å². The van der Waals surface area contributed by atoms with Crippen molar-refractivity contribution in [3.8, 4) is 0 Å². The molecule has 2 N–H and O–H groups in total. The van der Waals surface area contributed by atoms with E-state index in [1.165, 1.54) is 5.56 Å². The molecule has 7 heteroatoms. The maximum Gasteiger partial charge on any atom is 0.270 e. The highest BCUT2D eigenvalue weighted by atomic mass is 16.2. The van der Waals surface area contributed by atoms with Gasteiger partial charge >= 0.3 is 0 Å². The van der Waals surface area contributed by atoms with Crippen LogP contribution in [0.4, 0.5) is 5.82 Å². The lowest BCUT2D eigenvalue weighted by molar-refractivity contribution is -0.129. The van der Waals surface area contributed by atoms with E-state index in [1.54, 1.807) is 0 Å². The van der Waals surface area contributed by atoms with Crippen LogP contribution in [-0.4, -0.2) is 52.9 Å². The largest absolute Gasteiger partial charge is 0.369 e. The summed E-state index contributed by atoms with van der Waals surface area (Å²) in [6.45, 7) is 2.83. The molecule has 29 heavy (non-hydrogen) atoms. The monoisotopic (exact) mass is 393 g/mol. The number of nitrogens with zero attached hydrogens (tertiary/aromatic N) is 3. The number of fused-ring (bicyclic) bond motifs is 1. The number of carbonyl (C=O) groups excluding carboxylic acids is 2. The first-order valence-corrected chi connectivity index (χ1v) is 10.4. The third-order valence-corrected chi connectivity index (χ3v) is 5.50. The Labute approximate surface area is 170 Å². The third-order valence-electron chi connectivity index (χ3n) is 5.50. The quantitative estimate of drug-likeness (QED) is 0.751. The zero-order valence-corrected chi connectivity index (χ0v) is 16.6. The average Bonchev–Trinajstić information content (AvgIpc) is 3.29. The molecule has 1 fully saturated rings. The molecule has 0 bridgehead atoms. The molecule has 0 unspecified atom stereocenters. The van der Waals surface area contributed by atoms with Crippen LogP contribution >= 0.6 is 0 Å². The van der Waals surface area contributed by atoms with Gasteiger partial charge in [0.05, 0.1) is 0 Å². The number of nitrogens with one attached hydrogen (secondary N) is 2. The molecule has 0 atom stereocenters. The van der Waals surface area contributed by atoms with Gasteiger partial charge in [-0.15, -0.1) is 0 Å². The fourth-order valence-electron chi connectivity index (χ4n) is 3.91. The second-order valence-corrected chi connectivity index (χ2v) is 7.57. The Bertz CT molecular complexity index is 878. The lowest BCUT2D eigenvalue weighted by Crippen LogP contribution is -2.34. The lowest BCUT2D eigenvalue weighted by atomic mass is 10.1. The Hall–Kier alpha value is -2.96. The number of likely N-dealkylation sites (tertiary alicyclic amines) is 1. The fourth-order valence-corrected chi connectivity index (χ4v) is 3.91. The van der Waals surface area contributed by atoms with Crippen molar-refractivity contribution in [2.24, 2.45) is 0 Å². The van der Waals surface area contributed by atoms with Gasteiger partial charge in [-0.2, -0.15) is 0 Å². The van der Waals surface area contributed by atoms with Gasteiger partial charge in [0.15, 0.2) is 0 Å². The SMILES string of the molecule is O=C1NCCc2c(NCCC(=O)N3CCCC3)nc(CCc3ccccc3)nc21. The number of aryl methyl sites for hydroxylation is 2. The van der Waals surface area contributed by atoms with Crippen LogP contribution in [0.3, 0.4) is 0 Å². The van der Waals surface area contributed by atoms with Crippen molar-refractivity contribution in [3.05, 3.63) is 53.0 Å². The van der Waals surface area contributed by atoms with E-state index in [2.05, 4.69) is 27.8 Å². The van der Waals surface area contributed by atoms with E-state index in [0.29, 0.717) is 49.7 Å². The molecule has 2 aliphatic rings. The number of aromatic nitrogens is 2. The second kappa shape index (κ2) is 9.03. The minimum absolute atomic E-state index is 0.147. The molecule has 2 amide bonds. The molecule has 0 radical (unpaired) electrons. The van der Waals surface area contributed by atoms with Gasteiger partial charge in [0, 0.05) is 44.6 Å². The summed E-state index contributed by atoms with van der Waals surface area (Å²) in [7, 11) is 0. The fraction of sp³-hybridized carbons (Fsp3) is 0.455. The van der Waals surface area contributed by atoms with Crippen LogP contribution in [0.2, 0.25) is 0 Å². The number of anilines is 1. The van der Waals surface area contributed by atoms with E-state index in [1.807, 2.05) is 23.1 Å². The predicted molar refractivity (Wildman–Crippen MR) is 111 cm³/mol. The summed E-state index contributed by atoms with van der Waals surface area (Å²) in [4.78, 5) is 35.8. The highest BCUT2D eigenvalue weighted by molar-refractivity contribution is 5.96. The highest BCUT2D eigenvalue weighted by Gasteiger charge is 2.24. The van der Waals surface area contributed by atoms with Crippen LogP contribution in [0, 0.1) is 0 Å². The Morgan fingerprint density at radius 3 is 2.69 bits per heavy atom. The summed E-state index contributed by atoms with van der Waals surface area (Å²) >= 11 is 0. The summed E-state index contributed by atoms with van der Waals surface area (Å²) in [5.41, 5.74) is 2.53. The molecule has 0 saturated carbocycles. The summed E-state index contributed by atoms with van der Waals surface area (Å²) in [6, 6.07) is 10.2. The number of rotatable bonds is 7. The van der Waals surface area contributed by atoms with Crippen LogP contribution in [-0.2, 0) is 24.1 Å². The van der Waals surface area contributed by atoms with Crippen LogP contribution in [0.5, 0.6) is 0 Å². The van der Waals surface area contributed by atoms with Gasteiger partial charge in [0.25, 0.3) is 5.91 Å². The Balaban J connectivity index is 1.46. The van der Waals surface area contributed by atoms with Crippen LogP contribution in [0.25, 0.3) is 0 Å². The van der Waals surface area contributed by atoms with Crippen molar-refractivity contribution >= 4 is 17.6 Å². The average molecular weight is 393 g/mol. The molecule has 0 aliphatic carbocycles. The van der Waals surface area contributed by atoms with Crippen molar-refractivity contribution in [2.75, 3.05) is 31.5 Å². The van der Waals surface area contributed by atoms with Crippen molar-refractivity contribution in [1.29, 1.82) is 0 Å². The molecule has 7 nitrogen and oxygen atoms in total. The Kier molecular flexibility index (Phi) is 6.03. The smallest absolute Gasteiger partial charge is 0.270 e. The van der Waals surface area contributed by atoms with E-state index in [0.717, 1.165) is 37.9 Å². The van der Waals surface area contributed by atoms with Gasteiger partial charge in [-0.1, -0.05) is 30.3 Å². The van der Waals surface area contributed by atoms with Gasteiger partial charge in [-0.05, 0) is 31.2 Å². The maximum atomic E-state index is 12.3. The van der Waals surface area contributed by atoms with Crippen molar-refractivity contribution in [3.63, 3.8) is 0 Å². The molecule has 152 valence electrons. The van der Waals surface area contributed by atoms with Crippen molar-refractivity contribution in [2.45, 2.75) is 38.5 Å². The molecule has 4 rings (SSSR count). The zero-order valence-electron chi connectivity index (χ0n) is 16.6. The Morgan fingerprint density at radius 1 is 1.10 bits per heavy atom. The van der Waals surface area contributed by atoms with E-state index < -0.39 is 0 Å². The van der Waals surface area contributed by atoms with Crippen molar-refractivity contribution < 1.29 is 9.59 Å². The topological polar surface area (TPSA) is 87.2 Å². The number of hydrogen-bond donors (Lipinski definition) is 2. The first-order chi connectivity index (χ1) is 14.2. The molecular formula is C22H27N5O2. The molecular weight excluding hydrogens is 366 g/mol. The minimum Gasteiger partial charge on any atom is -0.369 e. The van der Waals surface area contributed by atoms with Crippen molar-refractivity contribution in [1.82, 2.24) is 20.2 Å². The molecule has 1 saturated heterocycles. The van der Waals surface area contributed by atoms with E-state index in [-0.39, 0.29) is 11.8 Å². The van der Waals surface area contributed by atoms with E-state index >= 15 is 0 Å². The molecule has 3 heterocycles. The molecule has 2 aliphatic heterocycles. The first-order valence-electron chi connectivity index (χ1n) is 10.4. The van der Waals surface area contributed by atoms with E-state index in [9.17, 15) is 9.59 Å². The summed E-state index contributed by atoms with van der Waals surface area (Å²) in [5, 5.41) is 6.17. The summed E-state index contributed by atoms with van der Waals surface area (Å²) < 4.78 is 0. The minimum atomic E-state index is -0.147. The molecule has 2 aromatic rings. The van der Waals surface area contributed by atoms with Gasteiger partial charge < -0.3 is 15.5 Å². The van der Waals surface area contributed by atoms with Gasteiger partial charge in [0.2, 0.25) is 5.91 Å². The zero-order chi connectivity index (χ0) is 20.1. The van der Waals surface area contributed by atoms with Crippen LogP contribution in [0.1, 0.15) is 46.7 Å². The first kappa shape index (κ1) is 19.4. The number of carbonyl (C=O) groups is 2. The second-order valence-electron chi connectivity index (χ2n) is 7.57. The lowest BCUT2D eigenvalue weighted by Gasteiger charge is -2.20. The standard InChI is InChI=1S/C22H27N5O2/c28-19(27-14-4-5-15-27)11-13-23-21-17-10-12-24-22(29)20(17)25-18(26-21)9-8-16-6-2-1-3-7-16/h1-3,6-7H,4-5,8-15H2,(H,24,29)(H,23,25,26). The number of amides is 2. The van der Waals surface area contributed by atoms with Gasteiger partial charge in [-0.25, -0.2) is 9.97 Å². The Morgan fingerprint density at radius 2 is 1.90 bits per heavy atom. The van der Waals surface area contributed by atoms with Crippen LogP contribution < -0.4 is 10.6 Å². The number of hydrogen-bond acceptors (Lipinski definition) is 5. The van der Waals surface area contributed by atoms with Gasteiger partial charge in [-0.3, -0.25) is 9.59 Å². The molecule has 1 aromatic carbocycles. The summed E-state index contributed by atoms with van der Waals surface area (Å²) in [6.07, 6.45) is 4.80.